The van der Waals surface area contributed by atoms with E-state index in [1.54, 1.807) is 0 Å². The maximum absolute atomic E-state index is 9.08. The first-order valence-corrected chi connectivity index (χ1v) is 6.85. The number of aliphatic hydroxyl groups excluding tert-OH is 1. The highest BCUT2D eigenvalue weighted by Crippen LogP contribution is 2.13. The van der Waals surface area contributed by atoms with Crippen LogP contribution < -0.4 is 0 Å². The van der Waals surface area contributed by atoms with Crippen LogP contribution in [-0.4, -0.2) is 30.7 Å². The van der Waals surface area contributed by atoms with Gasteiger partial charge in [0.15, 0.2) is 6.29 Å². The van der Waals surface area contributed by atoms with Crippen LogP contribution in [-0.2, 0) is 9.47 Å². The summed E-state index contributed by atoms with van der Waals surface area (Å²) in [6.45, 7) is 3.43. The summed E-state index contributed by atoms with van der Waals surface area (Å²) < 4.78 is 11.1. The Hall–Kier alpha value is -0.380. The summed E-state index contributed by atoms with van der Waals surface area (Å²) in [4.78, 5) is 0. The van der Waals surface area contributed by atoms with Crippen LogP contribution in [0.25, 0.3) is 0 Å². The molecule has 3 heteroatoms. The highest BCUT2D eigenvalue weighted by atomic mass is 16.7. The van der Waals surface area contributed by atoms with Crippen molar-refractivity contribution in [3.05, 3.63) is 12.2 Å². The van der Waals surface area contributed by atoms with Gasteiger partial charge in [0.05, 0.1) is 12.7 Å². The molecule has 1 fully saturated rings. The number of hydrogen-bond acceptors (Lipinski definition) is 3. The molecule has 0 aromatic carbocycles. The second kappa shape index (κ2) is 9.63. The van der Waals surface area contributed by atoms with Gasteiger partial charge in [-0.25, -0.2) is 0 Å². The van der Waals surface area contributed by atoms with E-state index < -0.39 is 0 Å². The zero-order chi connectivity index (χ0) is 12.3. The van der Waals surface area contributed by atoms with Crippen molar-refractivity contribution in [1.29, 1.82) is 0 Å². The van der Waals surface area contributed by atoms with Crippen molar-refractivity contribution in [2.45, 2.75) is 64.3 Å². The first kappa shape index (κ1) is 14.7. The largest absolute Gasteiger partial charge is 0.393 e. The molecule has 0 spiro atoms. The van der Waals surface area contributed by atoms with E-state index in [-0.39, 0.29) is 12.4 Å². The quantitative estimate of drug-likeness (QED) is 0.525. The van der Waals surface area contributed by atoms with Crippen molar-refractivity contribution in [2.75, 3.05) is 13.2 Å². The molecule has 2 atom stereocenters. The SMILES string of the molecule is C[C@H](O)CCC/C=C\CCOC1CCCCO1. The second-order valence-corrected chi connectivity index (χ2v) is 4.71. The average Bonchev–Trinajstić information content (AvgIpc) is 2.33. The fraction of sp³-hybridized carbons (Fsp3) is 0.857. The van der Waals surface area contributed by atoms with Gasteiger partial charge in [-0.2, -0.15) is 0 Å². The minimum Gasteiger partial charge on any atom is -0.393 e. The molecule has 0 amide bonds. The number of rotatable bonds is 8. The van der Waals surface area contributed by atoms with Crippen molar-refractivity contribution < 1.29 is 14.6 Å². The van der Waals surface area contributed by atoms with E-state index in [4.69, 9.17) is 14.6 Å². The van der Waals surface area contributed by atoms with Gasteiger partial charge in [-0.15, -0.1) is 0 Å². The van der Waals surface area contributed by atoms with Crippen LogP contribution in [0.1, 0.15) is 51.9 Å². The summed E-state index contributed by atoms with van der Waals surface area (Å²) in [5, 5.41) is 9.08. The molecule has 100 valence electrons. The maximum atomic E-state index is 9.08. The molecule has 0 radical (unpaired) electrons. The molecule has 1 heterocycles. The standard InChI is InChI=1S/C14H26O3/c1-13(15)9-5-3-2-4-7-11-16-14-10-6-8-12-17-14/h2,4,13-15H,3,5-12H2,1H3/b4-2-/t13-,14?/m0/s1. The first-order chi connectivity index (χ1) is 8.29. The highest BCUT2D eigenvalue weighted by molar-refractivity contribution is 4.81. The Balaban J connectivity index is 1.87. The van der Waals surface area contributed by atoms with Crippen LogP contribution in [0.15, 0.2) is 12.2 Å². The van der Waals surface area contributed by atoms with Crippen molar-refractivity contribution in [2.24, 2.45) is 0 Å². The molecular formula is C14H26O3. The zero-order valence-corrected chi connectivity index (χ0v) is 10.9. The van der Waals surface area contributed by atoms with Crippen LogP contribution in [0.3, 0.4) is 0 Å². The summed E-state index contributed by atoms with van der Waals surface area (Å²) in [5.41, 5.74) is 0. The molecule has 1 aliphatic rings. The molecule has 1 rings (SSSR count). The lowest BCUT2D eigenvalue weighted by Crippen LogP contribution is -2.22. The second-order valence-electron chi connectivity index (χ2n) is 4.71. The van der Waals surface area contributed by atoms with E-state index in [0.29, 0.717) is 0 Å². The van der Waals surface area contributed by atoms with E-state index in [9.17, 15) is 0 Å². The van der Waals surface area contributed by atoms with Gasteiger partial charge in [-0.3, -0.25) is 0 Å². The molecule has 0 aromatic rings. The van der Waals surface area contributed by atoms with Crippen LogP contribution in [0, 0.1) is 0 Å². The van der Waals surface area contributed by atoms with Crippen molar-refractivity contribution >= 4 is 0 Å². The molecule has 1 saturated heterocycles. The number of hydrogen-bond donors (Lipinski definition) is 1. The van der Waals surface area contributed by atoms with Crippen molar-refractivity contribution in [1.82, 2.24) is 0 Å². The first-order valence-electron chi connectivity index (χ1n) is 6.85. The molecular weight excluding hydrogens is 216 g/mol. The van der Waals surface area contributed by atoms with E-state index in [1.807, 2.05) is 6.92 Å². The van der Waals surface area contributed by atoms with Gasteiger partial charge in [0.25, 0.3) is 0 Å². The monoisotopic (exact) mass is 242 g/mol. The summed E-state index contributed by atoms with van der Waals surface area (Å²) >= 11 is 0. The van der Waals surface area contributed by atoms with Crippen LogP contribution >= 0.6 is 0 Å². The summed E-state index contributed by atoms with van der Waals surface area (Å²) in [6, 6.07) is 0. The Morgan fingerprint density at radius 1 is 1.35 bits per heavy atom. The van der Waals surface area contributed by atoms with Crippen molar-refractivity contribution in [3.8, 4) is 0 Å². The maximum Gasteiger partial charge on any atom is 0.157 e. The van der Waals surface area contributed by atoms with Gasteiger partial charge in [-0.05, 0) is 51.9 Å². The normalized spacial score (nSPS) is 23.1. The summed E-state index contributed by atoms with van der Waals surface area (Å²) in [6.07, 6.45) is 11.6. The third-order valence-electron chi connectivity index (χ3n) is 2.89. The Kier molecular flexibility index (Phi) is 8.32. The number of allylic oxidation sites excluding steroid dienone is 1. The molecule has 1 aliphatic heterocycles. The van der Waals surface area contributed by atoms with Gasteiger partial charge >= 0.3 is 0 Å². The van der Waals surface area contributed by atoms with E-state index in [1.165, 1.54) is 12.8 Å². The Morgan fingerprint density at radius 2 is 2.18 bits per heavy atom. The van der Waals surface area contributed by atoms with Gasteiger partial charge in [-0.1, -0.05) is 12.2 Å². The van der Waals surface area contributed by atoms with Crippen molar-refractivity contribution in [3.63, 3.8) is 0 Å². The Labute approximate surface area is 105 Å². The Bertz CT molecular complexity index is 196. The van der Waals surface area contributed by atoms with E-state index in [0.717, 1.165) is 45.3 Å². The lowest BCUT2D eigenvalue weighted by molar-refractivity contribution is -0.161. The number of ether oxygens (including phenoxy) is 2. The van der Waals surface area contributed by atoms with Gasteiger partial charge in [0.1, 0.15) is 0 Å². The fourth-order valence-electron chi connectivity index (χ4n) is 1.88. The smallest absolute Gasteiger partial charge is 0.157 e. The fourth-order valence-corrected chi connectivity index (χ4v) is 1.88. The molecule has 0 bridgehead atoms. The predicted molar refractivity (Wildman–Crippen MR) is 68.8 cm³/mol. The highest BCUT2D eigenvalue weighted by Gasteiger charge is 2.12. The van der Waals surface area contributed by atoms with Gasteiger partial charge in [0.2, 0.25) is 0 Å². The minimum atomic E-state index is -0.171. The molecule has 1 unspecified atom stereocenters. The minimum absolute atomic E-state index is 0.0346. The topological polar surface area (TPSA) is 38.7 Å². The predicted octanol–water partition coefficient (Wildman–Crippen LogP) is 3.03. The lowest BCUT2D eigenvalue weighted by atomic mass is 10.1. The van der Waals surface area contributed by atoms with Crippen LogP contribution in [0.2, 0.25) is 0 Å². The number of aliphatic hydroxyl groups is 1. The van der Waals surface area contributed by atoms with Gasteiger partial charge < -0.3 is 14.6 Å². The molecule has 3 nitrogen and oxygen atoms in total. The summed E-state index contributed by atoms with van der Waals surface area (Å²) in [5.74, 6) is 0. The Morgan fingerprint density at radius 3 is 2.88 bits per heavy atom. The number of unbranched alkanes of at least 4 members (excludes halogenated alkanes) is 1. The molecule has 0 aliphatic carbocycles. The van der Waals surface area contributed by atoms with Gasteiger partial charge in [0, 0.05) is 6.61 Å². The van der Waals surface area contributed by atoms with E-state index >= 15 is 0 Å². The van der Waals surface area contributed by atoms with Crippen LogP contribution in [0.5, 0.6) is 0 Å². The average molecular weight is 242 g/mol. The van der Waals surface area contributed by atoms with Crippen LogP contribution in [0.4, 0.5) is 0 Å². The molecule has 0 aromatic heterocycles. The third-order valence-corrected chi connectivity index (χ3v) is 2.89. The third kappa shape index (κ3) is 8.36. The zero-order valence-electron chi connectivity index (χ0n) is 10.9. The summed E-state index contributed by atoms with van der Waals surface area (Å²) in [7, 11) is 0. The molecule has 1 N–H and O–H groups in total. The molecule has 17 heavy (non-hydrogen) atoms. The molecule has 0 saturated carbocycles. The lowest BCUT2D eigenvalue weighted by Gasteiger charge is -2.22. The van der Waals surface area contributed by atoms with E-state index in [2.05, 4.69) is 12.2 Å².